The molecule has 2 aromatic heterocycles. The van der Waals surface area contributed by atoms with Crippen molar-refractivity contribution in [2.24, 2.45) is 0 Å². The minimum Gasteiger partial charge on any atom is -0.487 e. The Balaban J connectivity index is 1.23. The van der Waals surface area contributed by atoms with Crippen molar-refractivity contribution in [3.63, 3.8) is 0 Å². The van der Waals surface area contributed by atoms with Gasteiger partial charge >= 0.3 is 0 Å². The van der Waals surface area contributed by atoms with E-state index in [0.29, 0.717) is 24.0 Å². The lowest BCUT2D eigenvalue weighted by Crippen LogP contribution is -2.33. The number of pyridine rings is 1. The third kappa shape index (κ3) is 5.72. The molecule has 0 saturated heterocycles. The van der Waals surface area contributed by atoms with Crippen LogP contribution < -0.4 is 10.1 Å². The molecule has 4 aromatic rings. The summed E-state index contributed by atoms with van der Waals surface area (Å²) in [7, 11) is 2.19. The van der Waals surface area contributed by atoms with Crippen molar-refractivity contribution in [2.45, 2.75) is 51.3 Å². The molecule has 1 aliphatic carbocycles. The number of benzene rings is 2. The highest BCUT2D eigenvalue weighted by Gasteiger charge is 2.19. The predicted molar refractivity (Wildman–Crippen MR) is 139 cm³/mol. The first kappa shape index (κ1) is 23.1. The van der Waals surface area contributed by atoms with E-state index in [0.717, 1.165) is 29.1 Å². The number of nitrogens with zero attached hydrogens (tertiary/aromatic N) is 3. The molecule has 1 N–H and O–H groups in total. The van der Waals surface area contributed by atoms with Crippen LogP contribution in [0.25, 0.3) is 5.65 Å². The highest BCUT2D eigenvalue weighted by atomic mass is 16.5. The Morgan fingerprint density at radius 2 is 1.89 bits per heavy atom. The number of anilines is 1. The van der Waals surface area contributed by atoms with Gasteiger partial charge in [0, 0.05) is 36.2 Å². The topological polar surface area (TPSA) is 58.9 Å². The molecule has 0 radical (unpaired) electrons. The highest BCUT2D eigenvalue weighted by Crippen LogP contribution is 2.25. The summed E-state index contributed by atoms with van der Waals surface area (Å²) in [5.74, 6) is 0.496. The van der Waals surface area contributed by atoms with Crippen molar-refractivity contribution < 1.29 is 9.53 Å². The Hall–Kier alpha value is -3.64. The van der Waals surface area contributed by atoms with E-state index in [1.54, 1.807) is 6.07 Å². The van der Waals surface area contributed by atoms with Gasteiger partial charge in [0.15, 0.2) is 0 Å². The smallest absolute Gasteiger partial charge is 0.255 e. The van der Waals surface area contributed by atoms with Crippen LogP contribution in [0, 0.1) is 0 Å². The molecule has 0 spiro atoms. The van der Waals surface area contributed by atoms with Gasteiger partial charge in [0.05, 0.1) is 5.69 Å². The number of carbonyl (C=O) groups is 1. The van der Waals surface area contributed by atoms with Crippen molar-refractivity contribution >= 4 is 17.2 Å². The molecule has 0 atom stereocenters. The fraction of sp³-hybridized carbons (Fsp3) is 0.310. The molecular weight excluding hydrogens is 436 g/mol. The van der Waals surface area contributed by atoms with Crippen LogP contribution in [0.15, 0.2) is 79.1 Å². The van der Waals surface area contributed by atoms with E-state index in [4.69, 9.17) is 4.74 Å². The average molecular weight is 469 g/mol. The van der Waals surface area contributed by atoms with Crippen LogP contribution in [0.2, 0.25) is 0 Å². The van der Waals surface area contributed by atoms with Crippen molar-refractivity contribution in [1.29, 1.82) is 0 Å². The third-order valence-corrected chi connectivity index (χ3v) is 6.78. The van der Waals surface area contributed by atoms with E-state index < -0.39 is 0 Å². The number of amides is 1. The highest BCUT2D eigenvalue weighted by molar-refractivity contribution is 6.04. The average Bonchev–Trinajstić information content (AvgIpc) is 3.32. The number of rotatable bonds is 8. The molecule has 1 amide bonds. The summed E-state index contributed by atoms with van der Waals surface area (Å²) in [6.07, 6.45) is 10.4. The van der Waals surface area contributed by atoms with Gasteiger partial charge < -0.3 is 14.5 Å². The summed E-state index contributed by atoms with van der Waals surface area (Å²) in [5.41, 5.74) is 4.27. The second-order valence-corrected chi connectivity index (χ2v) is 9.33. The Kier molecular flexibility index (Phi) is 7.09. The lowest BCUT2D eigenvalue weighted by molar-refractivity contribution is 0.102. The van der Waals surface area contributed by atoms with E-state index >= 15 is 0 Å². The van der Waals surface area contributed by atoms with Crippen LogP contribution in [0.3, 0.4) is 0 Å². The van der Waals surface area contributed by atoms with Gasteiger partial charge in [0.1, 0.15) is 18.0 Å². The van der Waals surface area contributed by atoms with Gasteiger partial charge in [-0.2, -0.15) is 0 Å². The van der Waals surface area contributed by atoms with Crippen molar-refractivity contribution in [3.05, 3.63) is 95.9 Å². The standard InChI is InChI=1S/C29H32N4O2/c1-32(25-12-3-2-4-13-25)19-23-10-5-6-15-27(23)31-29(34)22-11-9-14-26(18-22)35-21-24-20-33-17-8-7-16-28(33)30-24/h5-11,14-18,20,25H,2-4,12-13,19,21H2,1H3,(H,31,34). The maximum absolute atomic E-state index is 13.1. The zero-order valence-corrected chi connectivity index (χ0v) is 20.2. The molecule has 1 fully saturated rings. The number of carbonyl (C=O) groups excluding carboxylic acids is 1. The first-order valence-corrected chi connectivity index (χ1v) is 12.4. The number of nitrogens with one attached hydrogen (secondary N) is 1. The molecule has 0 bridgehead atoms. The summed E-state index contributed by atoms with van der Waals surface area (Å²) in [6.45, 7) is 1.16. The van der Waals surface area contributed by atoms with Crippen LogP contribution in [0.4, 0.5) is 5.69 Å². The van der Waals surface area contributed by atoms with Crippen LogP contribution in [0.5, 0.6) is 5.75 Å². The largest absolute Gasteiger partial charge is 0.487 e. The van der Waals surface area contributed by atoms with E-state index in [2.05, 4.69) is 28.3 Å². The molecule has 6 nitrogen and oxygen atoms in total. The quantitative estimate of drug-likeness (QED) is 0.348. The van der Waals surface area contributed by atoms with Gasteiger partial charge in [-0.3, -0.25) is 9.69 Å². The van der Waals surface area contributed by atoms with Crippen molar-refractivity contribution in [2.75, 3.05) is 12.4 Å². The van der Waals surface area contributed by atoms with Gasteiger partial charge in [-0.25, -0.2) is 4.98 Å². The lowest BCUT2D eigenvalue weighted by atomic mass is 9.94. The molecule has 1 saturated carbocycles. The van der Waals surface area contributed by atoms with Gasteiger partial charge in [0.2, 0.25) is 0 Å². The van der Waals surface area contributed by atoms with Gasteiger partial charge in [-0.1, -0.05) is 49.6 Å². The van der Waals surface area contributed by atoms with Crippen LogP contribution in [-0.4, -0.2) is 33.3 Å². The number of imidazole rings is 1. The number of hydrogen-bond acceptors (Lipinski definition) is 4. The molecule has 35 heavy (non-hydrogen) atoms. The van der Waals surface area contributed by atoms with Gasteiger partial charge in [-0.05, 0) is 61.9 Å². The fourth-order valence-electron chi connectivity index (χ4n) is 4.84. The number of hydrogen-bond donors (Lipinski definition) is 1. The normalized spacial score (nSPS) is 14.3. The zero-order chi connectivity index (χ0) is 24.0. The molecule has 1 aliphatic rings. The van der Waals surface area contributed by atoms with Gasteiger partial charge in [0.25, 0.3) is 5.91 Å². The summed E-state index contributed by atoms with van der Waals surface area (Å²) < 4.78 is 7.91. The summed E-state index contributed by atoms with van der Waals surface area (Å²) in [4.78, 5) is 20.1. The third-order valence-electron chi connectivity index (χ3n) is 6.78. The second kappa shape index (κ2) is 10.7. The van der Waals surface area contributed by atoms with E-state index in [-0.39, 0.29) is 5.91 Å². The van der Waals surface area contributed by atoms with E-state index in [1.165, 1.54) is 32.1 Å². The van der Waals surface area contributed by atoms with Crippen LogP contribution in [0.1, 0.15) is 53.7 Å². The summed E-state index contributed by atoms with van der Waals surface area (Å²) in [5, 5.41) is 3.12. The summed E-state index contributed by atoms with van der Waals surface area (Å²) >= 11 is 0. The molecule has 6 heteroatoms. The zero-order valence-electron chi connectivity index (χ0n) is 20.2. The van der Waals surface area contributed by atoms with Crippen LogP contribution in [-0.2, 0) is 13.2 Å². The molecule has 180 valence electrons. The Morgan fingerprint density at radius 3 is 2.74 bits per heavy atom. The first-order chi connectivity index (χ1) is 17.2. The first-order valence-electron chi connectivity index (χ1n) is 12.4. The predicted octanol–water partition coefficient (Wildman–Crippen LogP) is 5.93. The number of para-hydroxylation sites is 1. The van der Waals surface area contributed by atoms with Crippen molar-refractivity contribution in [3.8, 4) is 5.75 Å². The number of aromatic nitrogens is 2. The minimum atomic E-state index is -0.143. The maximum atomic E-state index is 13.1. The fourth-order valence-corrected chi connectivity index (χ4v) is 4.84. The Bertz CT molecular complexity index is 1260. The molecule has 0 unspecified atom stereocenters. The van der Waals surface area contributed by atoms with E-state index in [9.17, 15) is 4.79 Å². The minimum absolute atomic E-state index is 0.143. The molecule has 5 rings (SSSR count). The second-order valence-electron chi connectivity index (χ2n) is 9.33. The SMILES string of the molecule is CN(Cc1ccccc1NC(=O)c1cccc(OCc2cn3ccccc3n2)c1)C1CCCCC1. The monoisotopic (exact) mass is 468 g/mol. The maximum Gasteiger partial charge on any atom is 0.255 e. The molecule has 2 aromatic carbocycles. The Morgan fingerprint density at radius 1 is 1.06 bits per heavy atom. The Labute approximate surface area is 206 Å². The summed E-state index contributed by atoms with van der Waals surface area (Å²) in [6, 6.07) is 21.9. The van der Waals surface area contributed by atoms with Crippen LogP contribution >= 0.6 is 0 Å². The number of fused-ring (bicyclic) bond motifs is 1. The van der Waals surface area contributed by atoms with Crippen molar-refractivity contribution in [1.82, 2.24) is 14.3 Å². The molecular formula is C29H32N4O2. The van der Waals surface area contributed by atoms with E-state index in [1.807, 2.05) is 71.4 Å². The number of ether oxygens (including phenoxy) is 1. The van der Waals surface area contributed by atoms with Gasteiger partial charge in [-0.15, -0.1) is 0 Å². The molecule has 2 heterocycles. The molecule has 0 aliphatic heterocycles. The lowest BCUT2D eigenvalue weighted by Gasteiger charge is -2.31.